The molecule has 4 aromatic rings. The van der Waals surface area contributed by atoms with Crippen LogP contribution in [0.5, 0.6) is 11.5 Å². The smallest absolute Gasteiger partial charge is 0.319 e. The molecule has 0 saturated heterocycles. The van der Waals surface area contributed by atoms with Crippen LogP contribution in [-0.2, 0) is 4.79 Å². The fourth-order valence-corrected chi connectivity index (χ4v) is 4.23. The molecule has 2 atom stereocenters. The number of benzene rings is 4. The fraction of sp³-hybridized carbons (Fsp3) is 0.115. The van der Waals surface area contributed by atoms with E-state index in [1.54, 1.807) is 7.11 Å². The minimum absolute atomic E-state index is 0.125. The molecule has 0 aliphatic carbocycles. The maximum atomic E-state index is 13.2. The molecule has 0 fully saturated rings. The lowest BCUT2D eigenvalue weighted by Crippen LogP contribution is -2.30. The first-order valence-corrected chi connectivity index (χ1v) is 9.68. The molecule has 0 N–H and O–H groups in total. The van der Waals surface area contributed by atoms with Gasteiger partial charge in [-0.3, -0.25) is 4.79 Å². The van der Waals surface area contributed by atoms with E-state index in [2.05, 4.69) is 24.3 Å². The number of ether oxygens (including phenoxy) is 2. The molecule has 0 aromatic heterocycles. The van der Waals surface area contributed by atoms with Gasteiger partial charge in [-0.05, 0) is 40.1 Å². The van der Waals surface area contributed by atoms with Crippen LogP contribution in [0.3, 0.4) is 0 Å². The van der Waals surface area contributed by atoms with Gasteiger partial charge in [0.2, 0.25) is 0 Å². The van der Waals surface area contributed by atoms with Crippen molar-refractivity contribution >= 4 is 16.7 Å². The zero-order chi connectivity index (χ0) is 19.8. The lowest BCUT2D eigenvalue weighted by atomic mass is 9.75. The fourth-order valence-electron chi connectivity index (χ4n) is 4.23. The Bertz CT molecular complexity index is 1190. The van der Waals surface area contributed by atoms with Gasteiger partial charge in [-0.2, -0.15) is 0 Å². The average Bonchev–Trinajstić information content (AvgIpc) is 2.78. The number of hydrogen-bond donors (Lipinski definition) is 0. The molecular formula is C26H20O3. The Morgan fingerprint density at radius 1 is 0.724 bits per heavy atom. The summed E-state index contributed by atoms with van der Waals surface area (Å²) < 4.78 is 11.1. The summed E-state index contributed by atoms with van der Waals surface area (Å²) in [5.74, 6) is 0.667. The van der Waals surface area contributed by atoms with Crippen LogP contribution in [-0.4, -0.2) is 13.1 Å². The van der Waals surface area contributed by atoms with Crippen molar-refractivity contribution in [2.45, 2.75) is 11.8 Å². The molecule has 3 nitrogen and oxygen atoms in total. The van der Waals surface area contributed by atoms with E-state index in [0.29, 0.717) is 5.75 Å². The minimum Gasteiger partial charge on any atom is -0.497 e. The van der Waals surface area contributed by atoms with Gasteiger partial charge < -0.3 is 9.47 Å². The quantitative estimate of drug-likeness (QED) is 0.339. The Labute approximate surface area is 169 Å². The highest BCUT2D eigenvalue weighted by Gasteiger charge is 2.39. The SMILES string of the molecule is COc1ccc([C@@H]2c3ccccc3OC(=O)[C@@H]2c2ccc3ccccc3c2)cc1. The van der Waals surface area contributed by atoms with Crippen LogP contribution in [0.25, 0.3) is 10.8 Å². The van der Waals surface area contributed by atoms with Crippen LogP contribution in [0, 0.1) is 0 Å². The lowest BCUT2D eigenvalue weighted by Gasteiger charge is -2.32. The van der Waals surface area contributed by atoms with E-state index in [1.807, 2.05) is 66.7 Å². The number of carbonyl (C=O) groups excluding carboxylic acids is 1. The Morgan fingerprint density at radius 2 is 1.41 bits per heavy atom. The topological polar surface area (TPSA) is 35.5 Å². The van der Waals surface area contributed by atoms with Gasteiger partial charge in [0, 0.05) is 11.5 Å². The molecule has 0 saturated carbocycles. The molecule has 1 aliphatic rings. The van der Waals surface area contributed by atoms with E-state index >= 15 is 0 Å². The van der Waals surface area contributed by atoms with E-state index in [1.165, 1.54) is 0 Å². The van der Waals surface area contributed by atoms with Gasteiger partial charge in [0.1, 0.15) is 11.5 Å². The summed E-state index contributed by atoms with van der Waals surface area (Å²) in [6.45, 7) is 0. The second kappa shape index (κ2) is 7.10. The first-order valence-electron chi connectivity index (χ1n) is 9.68. The molecule has 0 amide bonds. The molecule has 0 radical (unpaired) electrons. The molecule has 4 aromatic carbocycles. The predicted molar refractivity (Wildman–Crippen MR) is 114 cm³/mol. The average molecular weight is 380 g/mol. The first-order chi connectivity index (χ1) is 14.2. The number of fused-ring (bicyclic) bond motifs is 2. The lowest BCUT2D eigenvalue weighted by molar-refractivity contribution is -0.137. The van der Waals surface area contributed by atoms with Crippen molar-refractivity contribution < 1.29 is 14.3 Å². The summed E-state index contributed by atoms with van der Waals surface area (Å²) >= 11 is 0. The highest BCUT2D eigenvalue weighted by molar-refractivity contribution is 5.89. The van der Waals surface area contributed by atoms with E-state index in [0.717, 1.165) is 33.2 Å². The summed E-state index contributed by atoms with van der Waals surface area (Å²) in [5, 5.41) is 2.27. The van der Waals surface area contributed by atoms with Crippen molar-refractivity contribution in [3.63, 3.8) is 0 Å². The number of esters is 1. The number of carbonyl (C=O) groups is 1. The normalized spacial score (nSPS) is 18.2. The molecule has 3 heteroatoms. The zero-order valence-electron chi connectivity index (χ0n) is 16.0. The maximum Gasteiger partial charge on any atom is 0.319 e. The molecule has 0 unspecified atom stereocenters. The van der Waals surface area contributed by atoms with E-state index in [4.69, 9.17) is 9.47 Å². The van der Waals surface area contributed by atoms with Crippen LogP contribution in [0.4, 0.5) is 0 Å². The number of methoxy groups -OCH3 is 1. The summed E-state index contributed by atoms with van der Waals surface area (Å²) in [6.07, 6.45) is 0. The number of rotatable bonds is 3. The summed E-state index contributed by atoms with van der Waals surface area (Å²) in [7, 11) is 1.65. The van der Waals surface area contributed by atoms with Crippen molar-refractivity contribution in [1.82, 2.24) is 0 Å². The molecule has 29 heavy (non-hydrogen) atoms. The van der Waals surface area contributed by atoms with Gasteiger partial charge >= 0.3 is 5.97 Å². The predicted octanol–water partition coefficient (Wildman–Crippen LogP) is 5.68. The van der Waals surface area contributed by atoms with Crippen LogP contribution < -0.4 is 9.47 Å². The van der Waals surface area contributed by atoms with Gasteiger partial charge in [0.15, 0.2) is 0 Å². The second-order valence-corrected chi connectivity index (χ2v) is 7.29. The molecule has 142 valence electrons. The van der Waals surface area contributed by atoms with E-state index in [-0.39, 0.29) is 11.9 Å². The van der Waals surface area contributed by atoms with Gasteiger partial charge in [0.25, 0.3) is 0 Å². The molecule has 1 aliphatic heterocycles. The largest absolute Gasteiger partial charge is 0.497 e. The zero-order valence-corrected chi connectivity index (χ0v) is 16.0. The molecule has 0 bridgehead atoms. The summed E-state index contributed by atoms with van der Waals surface area (Å²) in [5.41, 5.74) is 3.05. The van der Waals surface area contributed by atoms with Crippen molar-refractivity contribution in [3.8, 4) is 11.5 Å². The highest BCUT2D eigenvalue weighted by atomic mass is 16.5. The second-order valence-electron chi connectivity index (χ2n) is 7.29. The van der Waals surface area contributed by atoms with Crippen molar-refractivity contribution in [3.05, 3.63) is 108 Å². The Hall–Kier alpha value is -3.59. The van der Waals surface area contributed by atoms with E-state index < -0.39 is 5.92 Å². The maximum absolute atomic E-state index is 13.2. The standard InChI is InChI=1S/C26H20O3/c1-28-21-14-12-18(13-15-21)24-22-8-4-5-9-23(22)29-26(27)25(24)20-11-10-17-6-2-3-7-19(17)16-20/h2-16,24-25H,1H3/t24-,25-/m1/s1. The van der Waals surface area contributed by atoms with Crippen LogP contribution in [0.1, 0.15) is 28.5 Å². The number of para-hydroxylation sites is 1. The Balaban J connectivity index is 1.69. The molecule has 5 rings (SSSR count). The molecule has 1 heterocycles. The van der Waals surface area contributed by atoms with Crippen molar-refractivity contribution in [2.24, 2.45) is 0 Å². The Kier molecular flexibility index (Phi) is 4.28. The van der Waals surface area contributed by atoms with Crippen LogP contribution in [0.2, 0.25) is 0 Å². The third-order valence-corrected chi connectivity index (χ3v) is 5.66. The minimum atomic E-state index is -0.414. The molecule has 0 spiro atoms. The summed E-state index contributed by atoms with van der Waals surface area (Å²) in [6, 6.07) is 30.1. The first kappa shape index (κ1) is 17.5. The van der Waals surface area contributed by atoms with Gasteiger partial charge in [-0.25, -0.2) is 0 Å². The van der Waals surface area contributed by atoms with Crippen LogP contribution >= 0.6 is 0 Å². The number of hydrogen-bond acceptors (Lipinski definition) is 3. The van der Waals surface area contributed by atoms with Gasteiger partial charge in [-0.1, -0.05) is 72.8 Å². The highest BCUT2D eigenvalue weighted by Crippen LogP contribution is 2.47. The third-order valence-electron chi connectivity index (χ3n) is 5.66. The van der Waals surface area contributed by atoms with Gasteiger partial charge in [0.05, 0.1) is 13.0 Å². The van der Waals surface area contributed by atoms with Crippen LogP contribution in [0.15, 0.2) is 91.0 Å². The van der Waals surface area contributed by atoms with E-state index in [9.17, 15) is 4.79 Å². The summed E-state index contributed by atoms with van der Waals surface area (Å²) in [4.78, 5) is 13.2. The van der Waals surface area contributed by atoms with Crippen molar-refractivity contribution in [1.29, 1.82) is 0 Å². The Morgan fingerprint density at radius 3 is 2.21 bits per heavy atom. The van der Waals surface area contributed by atoms with Gasteiger partial charge in [-0.15, -0.1) is 0 Å². The monoisotopic (exact) mass is 380 g/mol. The van der Waals surface area contributed by atoms with Crippen molar-refractivity contribution in [2.75, 3.05) is 7.11 Å². The third kappa shape index (κ3) is 3.05. The molecular weight excluding hydrogens is 360 g/mol.